The largest absolute Gasteiger partial charge is 0.383 e. The smallest absolute Gasteiger partial charge is 0.273 e. The molecular weight excluding hydrogens is 346 g/mol. The highest BCUT2D eigenvalue weighted by Crippen LogP contribution is 2.22. The van der Waals surface area contributed by atoms with Gasteiger partial charge in [0.05, 0.1) is 18.8 Å². The second kappa shape index (κ2) is 8.77. The van der Waals surface area contributed by atoms with Crippen LogP contribution in [0.25, 0.3) is 0 Å². The van der Waals surface area contributed by atoms with E-state index in [2.05, 4.69) is 15.6 Å². The number of rotatable bonds is 6. The number of hydrogen-bond acceptors (Lipinski definition) is 5. The molecule has 0 radical (unpaired) electrons. The number of nitrogens with one attached hydrogen (secondary N) is 1. The molecule has 1 N–H and O–H groups in total. The van der Waals surface area contributed by atoms with E-state index in [0.717, 1.165) is 24.9 Å². The predicted molar refractivity (Wildman–Crippen MR) is 99.6 cm³/mol. The lowest BCUT2D eigenvalue weighted by Gasteiger charge is -2.32. The maximum Gasteiger partial charge on any atom is 0.273 e. The number of carbonyl (C=O) groups is 2. The van der Waals surface area contributed by atoms with Crippen LogP contribution in [0.4, 0.5) is 0 Å². The molecule has 0 bridgehead atoms. The number of hydrogen-bond donors (Lipinski definition) is 1. The van der Waals surface area contributed by atoms with Crippen LogP contribution in [0.15, 0.2) is 30.5 Å². The lowest BCUT2D eigenvalue weighted by atomic mass is 10.0. The van der Waals surface area contributed by atoms with E-state index in [4.69, 9.17) is 4.74 Å². The molecule has 1 saturated heterocycles. The van der Waals surface area contributed by atoms with E-state index >= 15 is 0 Å². The number of aromatic nitrogens is 3. The first-order valence-corrected chi connectivity index (χ1v) is 9.13. The van der Waals surface area contributed by atoms with Crippen molar-refractivity contribution >= 4 is 11.8 Å². The molecule has 27 heavy (non-hydrogen) atoms. The van der Waals surface area contributed by atoms with Crippen LogP contribution in [-0.2, 0) is 4.74 Å². The van der Waals surface area contributed by atoms with E-state index in [1.165, 1.54) is 0 Å². The lowest BCUT2D eigenvalue weighted by molar-refractivity contribution is 0.0671. The van der Waals surface area contributed by atoms with Crippen molar-refractivity contribution in [2.24, 2.45) is 0 Å². The molecule has 3 rings (SSSR count). The quantitative estimate of drug-likeness (QED) is 0.776. The fourth-order valence-corrected chi connectivity index (χ4v) is 3.23. The van der Waals surface area contributed by atoms with Crippen LogP contribution in [0.2, 0.25) is 0 Å². The van der Waals surface area contributed by atoms with E-state index in [9.17, 15) is 9.59 Å². The van der Waals surface area contributed by atoms with E-state index in [0.29, 0.717) is 25.3 Å². The Labute approximate surface area is 158 Å². The Morgan fingerprint density at radius 3 is 3.00 bits per heavy atom. The molecule has 8 nitrogen and oxygen atoms in total. The molecule has 144 valence electrons. The zero-order chi connectivity index (χ0) is 19.2. The monoisotopic (exact) mass is 371 g/mol. The van der Waals surface area contributed by atoms with Crippen molar-refractivity contribution in [2.75, 3.05) is 33.4 Å². The van der Waals surface area contributed by atoms with Gasteiger partial charge in [-0.25, -0.2) is 4.68 Å². The van der Waals surface area contributed by atoms with Crippen molar-refractivity contribution < 1.29 is 14.3 Å². The highest BCUT2D eigenvalue weighted by molar-refractivity contribution is 5.94. The van der Waals surface area contributed by atoms with Gasteiger partial charge in [0.1, 0.15) is 0 Å². The summed E-state index contributed by atoms with van der Waals surface area (Å²) in [6, 6.07) is 7.64. The van der Waals surface area contributed by atoms with Gasteiger partial charge in [-0.1, -0.05) is 22.9 Å². The third kappa shape index (κ3) is 4.71. The Morgan fingerprint density at radius 2 is 2.22 bits per heavy atom. The van der Waals surface area contributed by atoms with Crippen LogP contribution in [0.1, 0.15) is 45.3 Å². The number of methoxy groups -OCH3 is 1. The van der Waals surface area contributed by atoms with Gasteiger partial charge in [0.25, 0.3) is 11.8 Å². The molecule has 1 aromatic carbocycles. The summed E-state index contributed by atoms with van der Waals surface area (Å²) >= 11 is 0. The van der Waals surface area contributed by atoms with Gasteiger partial charge in [-0.15, -0.1) is 5.10 Å². The summed E-state index contributed by atoms with van der Waals surface area (Å²) in [4.78, 5) is 26.7. The van der Waals surface area contributed by atoms with Gasteiger partial charge in [0.15, 0.2) is 5.69 Å². The zero-order valence-electron chi connectivity index (χ0n) is 15.7. The Hall–Kier alpha value is -2.74. The third-order valence-corrected chi connectivity index (χ3v) is 4.66. The molecule has 1 aliphatic rings. The number of nitrogens with zero attached hydrogens (tertiary/aromatic N) is 4. The van der Waals surface area contributed by atoms with Gasteiger partial charge < -0.3 is 15.0 Å². The highest BCUT2D eigenvalue weighted by Gasteiger charge is 2.27. The Morgan fingerprint density at radius 1 is 1.37 bits per heavy atom. The van der Waals surface area contributed by atoms with Gasteiger partial charge in [0, 0.05) is 32.3 Å². The maximum atomic E-state index is 12.8. The van der Waals surface area contributed by atoms with Gasteiger partial charge in [-0.3, -0.25) is 9.59 Å². The number of piperidine rings is 1. The minimum atomic E-state index is -0.276. The Bertz CT molecular complexity index is 804. The number of amides is 2. The molecule has 8 heteroatoms. The first-order chi connectivity index (χ1) is 13.1. The van der Waals surface area contributed by atoms with E-state index in [1.54, 1.807) is 18.0 Å². The predicted octanol–water partition coefficient (Wildman–Crippen LogP) is 1.44. The van der Waals surface area contributed by atoms with E-state index in [1.807, 2.05) is 36.1 Å². The maximum absolute atomic E-state index is 12.8. The van der Waals surface area contributed by atoms with Gasteiger partial charge in [-0.05, 0) is 31.9 Å². The SMILES string of the molecule is COCCNC(=O)c1cn([C@@H]2CCCN(C(=O)c3cccc(C)c3)C2)nn1. The Balaban J connectivity index is 1.64. The first-order valence-electron chi connectivity index (χ1n) is 9.13. The van der Waals surface area contributed by atoms with Crippen LogP contribution >= 0.6 is 0 Å². The molecule has 1 aliphatic heterocycles. The van der Waals surface area contributed by atoms with Crippen molar-refractivity contribution in [3.05, 3.63) is 47.3 Å². The average molecular weight is 371 g/mol. The summed E-state index contributed by atoms with van der Waals surface area (Å²) in [5.74, 6) is -0.247. The highest BCUT2D eigenvalue weighted by atomic mass is 16.5. The van der Waals surface area contributed by atoms with Crippen LogP contribution in [0.5, 0.6) is 0 Å². The molecule has 2 aromatic rings. The van der Waals surface area contributed by atoms with Crippen molar-refractivity contribution in [3.8, 4) is 0 Å². The summed E-state index contributed by atoms with van der Waals surface area (Å²) in [5, 5.41) is 10.8. The van der Waals surface area contributed by atoms with Crippen LogP contribution in [0.3, 0.4) is 0 Å². The average Bonchev–Trinajstić information content (AvgIpc) is 3.18. The second-order valence-corrected chi connectivity index (χ2v) is 6.75. The molecular formula is C19H25N5O3. The van der Waals surface area contributed by atoms with Gasteiger partial charge in [-0.2, -0.15) is 0 Å². The minimum Gasteiger partial charge on any atom is -0.383 e. The number of aryl methyl sites for hydroxylation is 1. The molecule has 1 aromatic heterocycles. The molecule has 2 heterocycles. The van der Waals surface area contributed by atoms with E-state index in [-0.39, 0.29) is 23.6 Å². The second-order valence-electron chi connectivity index (χ2n) is 6.75. The summed E-state index contributed by atoms with van der Waals surface area (Å²) in [6.07, 6.45) is 3.43. The van der Waals surface area contributed by atoms with Crippen LogP contribution in [-0.4, -0.2) is 65.1 Å². The van der Waals surface area contributed by atoms with Gasteiger partial charge >= 0.3 is 0 Å². The first kappa shape index (κ1) is 19.0. The summed E-state index contributed by atoms with van der Waals surface area (Å²) in [7, 11) is 1.58. The van der Waals surface area contributed by atoms with Crippen molar-refractivity contribution in [1.29, 1.82) is 0 Å². The third-order valence-electron chi connectivity index (χ3n) is 4.66. The van der Waals surface area contributed by atoms with Crippen LogP contribution in [0, 0.1) is 6.92 Å². The molecule has 1 fully saturated rings. The van der Waals surface area contributed by atoms with Crippen molar-refractivity contribution in [2.45, 2.75) is 25.8 Å². The minimum absolute atomic E-state index is 0.0144. The molecule has 0 saturated carbocycles. The fraction of sp³-hybridized carbons (Fsp3) is 0.474. The molecule has 0 unspecified atom stereocenters. The molecule has 1 atom stereocenters. The van der Waals surface area contributed by atoms with E-state index < -0.39 is 0 Å². The normalized spacial score (nSPS) is 17.0. The Kier molecular flexibility index (Phi) is 6.18. The van der Waals surface area contributed by atoms with Crippen molar-refractivity contribution in [3.63, 3.8) is 0 Å². The van der Waals surface area contributed by atoms with Crippen molar-refractivity contribution in [1.82, 2.24) is 25.2 Å². The fourth-order valence-electron chi connectivity index (χ4n) is 3.23. The standard InChI is InChI=1S/C19H25N5O3/c1-14-5-3-6-15(11-14)19(26)23-9-4-7-16(12-23)24-13-17(21-22-24)18(25)20-8-10-27-2/h3,5-6,11,13,16H,4,7-10,12H2,1-2H3,(H,20,25)/t16-/m1/s1. The molecule has 2 amide bonds. The number of carbonyl (C=O) groups excluding carboxylic acids is 2. The molecule has 0 spiro atoms. The summed E-state index contributed by atoms with van der Waals surface area (Å²) < 4.78 is 6.61. The summed E-state index contributed by atoms with van der Waals surface area (Å²) in [5.41, 5.74) is 2.04. The zero-order valence-corrected chi connectivity index (χ0v) is 15.7. The number of ether oxygens (including phenoxy) is 1. The number of likely N-dealkylation sites (tertiary alicyclic amines) is 1. The summed E-state index contributed by atoms with van der Waals surface area (Å²) in [6.45, 7) is 4.12. The molecule has 0 aliphatic carbocycles. The van der Waals surface area contributed by atoms with Gasteiger partial charge in [0.2, 0.25) is 0 Å². The van der Waals surface area contributed by atoms with Crippen LogP contribution < -0.4 is 5.32 Å². The number of benzene rings is 1. The lowest BCUT2D eigenvalue weighted by Crippen LogP contribution is -2.40. The topological polar surface area (TPSA) is 89.4 Å².